The van der Waals surface area contributed by atoms with Crippen molar-refractivity contribution in [1.29, 1.82) is 0 Å². The van der Waals surface area contributed by atoms with Crippen molar-refractivity contribution < 1.29 is 9.66 Å². The van der Waals surface area contributed by atoms with Crippen LogP contribution in [0.15, 0.2) is 48.5 Å². The number of rotatable bonds is 6. The van der Waals surface area contributed by atoms with Crippen LogP contribution >= 0.6 is 0 Å². The van der Waals surface area contributed by atoms with Crippen molar-refractivity contribution in [3.05, 3.63) is 64.2 Å². The smallest absolute Gasteiger partial charge is 0.271 e. The Morgan fingerprint density at radius 3 is 2.52 bits per heavy atom. The van der Waals surface area contributed by atoms with Gasteiger partial charge in [0, 0.05) is 12.1 Å². The average Bonchev–Trinajstić information content (AvgIpc) is 2.53. The highest BCUT2D eigenvalue weighted by Gasteiger charge is 2.15. The Morgan fingerprint density at radius 2 is 1.95 bits per heavy atom. The Bertz CT molecular complexity index is 614. The summed E-state index contributed by atoms with van der Waals surface area (Å²) >= 11 is 0. The van der Waals surface area contributed by atoms with Gasteiger partial charge in [-0.05, 0) is 18.1 Å². The van der Waals surface area contributed by atoms with Gasteiger partial charge in [-0.2, -0.15) is 0 Å². The summed E-state index contributed by atoms with van der Waals surface area (Å²) in [7, 11) is 1.55. The molecule has 5 nitrogen and oxygen atoms in total. The van der Waals surface area contributed by atoms with E-state index in [1.54, 1.807) is 13.2 Å². The molecule has 0 radical (unpaired) electrons. The zero-order chi connectivity index (χ0) is 15.2. The second kappa shape index (κ2) is 6.74. The lowest BCUT2D eigenvalue weighted by atomic mass is 10.0. The number of non-ortho nitro benzene ring substituents is 1. The maximum Gasteiger partial charge on any atom is 0.271 e. The van der Waals surface area contributed by atoms with E-state index in [0.29, 0.717) is 11.4 Å². The molecule has 0 amide bonds. The number of hydrogen-bond donors (Lipinski definition) is 1. The minimum atomic E-state index is -0.409. The first-order chi connectivity index (χ1) is 10.2. The Balaban J connectivity index is 2.32. The van der Waals surface area contributed by atoms with Crippen molar-refractivity contribution in [2.24, 2.45) is 0 Å². The van der Waals surface area contributed by atoms with Crippen LogP contribution in [-0.4, -0.2) is 12.0 Å². The van der Waals surface area contributed by atoms with Gasteiger partial charge in [-0.3, -0.25) is 10.1 Å². The third kappa shape index (κ3) is 3.51. The number of nitrogens with one attached hydrogen (secondary N) is 1. The average molecular weight is 286 g/mol. The van der Waals surface area contributed by atoms with Crippen LogP contribution in [0.4, 0.5) is 11.4 Å². The number of nitrogens with zero attached hydrogens (tertiary/aromatic N) is 1. The lowest BCUT2D eigenvalue weighted by Gasteiger charge is -2.20. The van der Waals surface area contributed by atoms with E-state index in [-0.39, 0.29) is 11.7 Å². The van der Waals surface area contributed by atoms with Gasteiger partial charge in [-0.25, -0.2) is 0 Å². The minimum Gasteiger partial charge on any atom is -0.495 e. The third-order valence-corrected chi connectivity index (χ3v) is 3.33. The fourth-order valence-electron chi connectivity index (χ4n) is 2.22. The number of ether oxygens (including phenoxy) is 1. The predicted molar refractivity (Wildman–Crippen MR) is 82.7 cm³/mol. The second-order valence-corrected chi connectivity index (χ2v) is 4.66. The highest BCUT2D eigenvalue weighted by Crippen LogP contribution is 2.32. The largest absolute Gasteiger partial charge is 0.495 e. The minimum absolute atomic E-state index is 0.0428. The van der Waals surface area contributed by atoms with Gasteiger partial charge in [-0.1, -0.05) is 37.3 Å². The van der Waals surface area contributed by atoms with Crippen molar-refractivity contribution in [3.63, 3.8) is 0 Å². The summed E-state index contributed by atoms with van der Waals surface area (Å²) in [4.78, 5) is 10.5. The van der Waals surface area contributed by atoms with E-state index >= 15 is 0 Å². The molecular weight excluding hydrogens is 268 g/mol. The summed E-state index contributed by atoms with van der Waals surface area (Å²) in [5, 5.41) is 14.2. The van der Waals surface area contributed by atoms with Crippen LogP contribution in [0.5, 0.6) is 5.75 Å². The van der Waals surface area contributed by atoms with Crippen molar-refractivity contribution in [3.8, 4) is 5.75 Å². The first-order valence-corrected chi connectivity index (χ1v) is 6.79. The van der Waals surface area contributed by atoms with Gasteiger partial charge in [0.05, 0.1) is 23.8 Å². The van der Waals surface area contributed by atoms with Gasteiger partial charge in [0.1, 0.15) is 5.75 Å². The van der Waals surface area contributed by atoms with Gasteiger partial charge in [-0.15, -0.1) is 0 Å². The van der Waals surface area contributed by atoms with Crippen molar-refractivity contribution >= 4 is 11.4 Å². The Labute approximate surface area is 123 Å². The standard InChI is InChI=1S/C16H18N2O3/c1-3-14(12-7-5-4-6-8-12)17-15-11-13(18(19)20)9-10-16(15)21-2/h4-11,14,17H,3H2,1-2H3. The van der Waals surface area contributed by atoms with E-state index in [9.17, 15) is 10.1 Å². The number of hydrogen-bond acceptors (Lipinski definition) is 4. The van der Waals surface area contributed by atoms with E-state index in [0.717, 1.165) is 12.0 Å². The Morgan fingerprint density at radius 1 is 1.24 bits per heavy atom. The van der Waals surface area contributed by atoms with Gasteiger partial charge in [0.2, 0.25) is 0 Å². The van der Waals surface area contributed by atoms with Gasteiger partial charge in [0.25, 0.3) is 5.69 Å². The van der Waals surface area contributed by atoms with Gasteiger partial charge in [0.15, 0.2) is 0 Å². The molecule has 0 aliphatic rings. The Kier molecular flexibility index (Phi) is 4.77. The molecule has 0 aliphatic carbocycles. The van der Waals surface area contributed by atoms with Crippen molar-refractivity contribution in [1.82, 2.24) is 0 Å². The van der Waals surface area contributed by atoms with Crippen LogP contribution in [0.2, 0.25) is 0 Å². The van der Waals surface area contributed by atoms with E-state index in [1.807, 2.05) is 30.3 Å². The monoisotopic (exact) mass is 286 g/mol. The van der Waals surface area contributed by atoms with Crippen LogP contribution in [-0.2, 0) is 0 Å². The fourth-order valence-corrected chi connectivity index (χ4v) is 2.22. The van der Waals surface area contributed by atoms with Crippen molar-refractivity contribution in [2.45, 2.75) is 19.4 Å². The highest BCUT2D eigenvalue weighted by atomic mass is 16.6. The molecule has 0 aromatic heterocycles. The molecule has 0 saturated carbocycles. The van der Waals surface area contributed by atoms with E-state index in [4.69, 9.17) is 4.74 Å². The molecule has 1 N–H and O–H groups in total. The number of anilines is 1. The summed E-state index contributed by atoms with van der Waals surface area (Å²) in [6.07, 6.45) is 0.857. The third-order valence-electron chi connectivity index (χ3n) is 3.33. The van der Waals surface area contributed by atoms with Crippen LogP contribution in [0.1, 0.15) is 24.9 Å². The summed E-state index contributed by atoms with van der Waals surface area (Å²) in [6, 6.07) is 14.6. The topological polar surface area (TPSA) is 64.4 Å². The zero-order valence-electron chi connectivity index (χ0n) is 12.1. The lowest BCUT2D eigenvalue weighted by molar-refractivity contribution is -0.384. The molecule has 2 rings (SSSR count). The lowest BCUT2D eigenvalue weighted by Crippen LogP contribution is -2.10. The fraction of sp³-hybridized carbons (Fsp3) is 0.250. The van der Waals surface area contributed by atoms with Gasteiger partial charge < -0.3 is 10.1 Å². The molecule has 21 heavy (non-hydrogen) atoms. The quantitative estimate of drug-likeness (QED) is 0.639. The molecule has 0 bridgehead atoms. The molecule has 110 valence electrons. The maximum atomic E-state index is 10.9. The number of nitro groups is 1. The summed E-state index contributed by atoms with van der Waals surface area (Å²) in [5.41, 5.74) is 1.80. The first kappa shape index (κ1) is 14.8. The summed E-state index contributed by atoms with van der Waals surface area (Å²) in [5.74, 6) is 0.593. The molecular formula is C16H18N2O3. The molecule has 5 heteroatoms. The molecule has 1 atom stereocenters. The SMILES string of the molecule is CCC(Nc1cc([N+](=O)[O-])ccc1OC)c1ccccc1. The Hall–Kier alpha value is -2.56. The molecule has 2 aromatic rings. The summed E-state index contributed by atoms with van der Waals surface area (Å²) in [6.45, 7) is 2.06. The second-order valence-electron chi connectivity index (χ2n) is 4.66. The van der Waals surface area contributed by atoms with E-state index in [2.05, 4.69) is 12.2 Å². The molecule has 2 aromatic carbocycles. The molecule has 0 saturated heterocycles. The van der Waals surface area contributed by atoms with Crippen LogP contribution in [0.25, 0.3) is 0 Å². The molecule has 0 heterocycles. The van der Waals surface area contributed by atoms with E-state index in [1.165, 1.54) is 12.1 Å². The highest BCUT2D eigenvalue weighted by molar-refractivity contribution is 5.62. The van der Waals surface area contributed by atoms with Crippen molar-refractivity contribution in [2.75, 3.05) is 12.4 Å². The normalized spacial score (nSPS) is 11.7. The number of methoxy groups -OCH3 is 1. The summed E-state index contributed by atoms with van der Waals surface area (Å²) < 4.78 is 5.28. The van der Waals surface area contributed by atoms with Crippen LogP contribution in [0.3, 0.4) is 0 Å². The molecule has 0 fully saturated rings. The van der Waals surface area contributed by atoms with Crippen LogP contribution in [0, 0.1) is 10.1 Å². The first-order valence-electron chi connectivity index (χ1n) is 6.79. The predicted octanol–water partition coefficient (Wildman–Crippen LogP) is 4.17. The molecule has 0 aliphatic heterocycles. The van der Waals surface area contributed by atoms with Crippen LogP contribution < -0.4 is 10.1 Å². The molecule has 1 unspecified atom stereocenters. The molecule has 0 spiro atoms. The van der Waals surface area contributed by atoms with Gasteiger partial charge >= 0.3 is 0 Å². The maximum absolute atomic E-state index is 10.9. The number of benzene rings is 2. The van der Waals surface area contributed by atoms with E-state index < -0.39 is 4.92 Å². The number of nitro benzene ring substituents is 1. The zero-order valence-corrected chi connectivity index (χ0v) is 12.1.